The molecule has 0 aliphatic carbocycles. The zero-order valence-corrected chi connectivity index (χ0v) is 10.7. The highest BCUT2D eigenvalue weighted by Crippen LogP contribution is 2.29. The summed E-state index contributed by atoms with van der Waals surface area (Å²) >= 11 is 0. The van der Waals surface area contributed by atoms with Gasteiger partial charge in [-0.1, -0.05) is 29.3 Å². The fourth-order valence-corrected chi connectivity index (χ4v) is 2.25. The number of hydrogen-bond donors (Lipinski definition) is 1. The summed E-state index contributed by atoms with van der Waals surface area (Å²) in [6, 6.07) is 7.97. The van der Waals surface area contributed by atoms with E-state index in [9.17, 15) is 5.11 Å². The fourth-order valence-electron chi connectivity index (χ4n) is 2.25. The van der Waals surface area contributed by atoms with Gasteiger partial charge in [-0.2, -0.15) is 5.10 Å². The van der Waals surface area contributed by atoms with E-state index >= 15 is 0 Å². The minimum Gasteiger partial charge on any atom is -0.379 e. The van der Waals surface area contributed by atoms with Gasteiger partial charge < -0.3 is 5.11 Å². The Morgan fingerprint density at radius 2 is 1.76 bits per heavy atom. The molecule has 0 saturated carbocycles. The van der Waals surface area contributed by atoms with E-state index in [4.69, 9.17) is 0 Å². The van der Waals surface area contributed by atoms with Crippen LogP contribution < -0.4 is 0 Å². The van der Waals surface area contributed by atoms with Gasteiger partial charge in [0.1, 0.15) is 5.60 Å². The first-order valence-corrected chi connectivity index (χ1v) is 5.71. The maximum absolute atomic E-state index is 10.7. The van der Waals surface area contributed by atoms with Gasteiger partial charge in [-0.25, -0.2) is 0 Å². The Balaban J connectivity index is 2.55. The topological polar surface area (TPSA) is 38.1 Å². The molecule has 0 aliphatic heterocycles. The monoisotopic (exact) mass is 230 g/mol. The molecule has 0 spiro atoms. The summed E-state index contributed by atoms with van der Waals surface area (Å²) in [6.07, 6.45) is 1.70. The number of aliphatic hydroxyl groups is 1. The molecule has 90 valence electrons. The molecule has 1 N–H and O–H groups in total. The van der Waals surface area contributed by atoms with Crippen molar-refractivity contribution in [3.05, 3.63) is 52.8 Å². The van der Waals surface area contributed by atoms with Gasteiger partial charge in [0, 0.05) is 13.2 Å². The van der Waals surface area contributed by atoms with Gasteiger partial charge in [-0.15, -0.1) is 0 Å². The lowest BCUT2D eigenvalue weighted by Crippen LogP contribution is -2.26. The first-order chi connectivity index (χ1) is 7.91. The van der Waals surface area contributed by atoms with E-state index in [-0.39, 0.29) is 0 Å². The number of hydrogen-bond acceptors (Lipinski definition) is 2. The summed E-state index contributed by atoms with van der Waals surface area (Å²) in [5, 5.41) is 14.8. The van der Waals surface area contributed by atoms with E-state index in [0.717, 1.165) is 22.4 Å². The average molecular weight is 230 g/mol. The van der Waals surface area contributed by atoms with Crippen molar-refractivity contribution in [2.24, 2.45) is 7.05 Å². The largest absolute Gasteiger partial charge is 0.379 e. The molecule has 0 aliphatic rings. The highest BCUT2D eigenvalue weighted by atomic mass is 16.3. The minimum atomic E-state index is -1.01. The van der Waals surface area contributed by atoms with E-state index in [1.165, 1.54) is 0 Å². The van der Waals surface area contributed by atoms with Crippen molar-refractivity contribution in [1.82, 2.24) is 9.78 Å². The number of benzene rings is 1. The van der Waals surface area contributed by atoms with Gasteiger partial charge in [0.05, 0.1) is 5.69 Å². The molecule has 1 heterocycles. The Hall–Kier alpha value is -1.61. The van der Waals surface area contributed by atoms with Gasteiger partial charge >= 0.3 is 0 Å². The molecule has 1 unspecified atom stereocenters. The lowest BCUT2D eigenvalue weighted by atomic mass is 9.90. The lowest BCUT2D eigenvalue weighted by Gasteiger charge is -2.25. The van der Waals surface area contributed by atoms with Crippen molar-refractivity contribution in [3.8, 4) is 0 Å². The summed E-state index contributed by atoms with van der Waals surface area (Å²) in [7, 11) is 1.84. The quantitative estimate of drug-likeness (QED) is 0.859. The van der Waals surface area contributed by atoms with Gasteiger partial charge in [0.2, 0.25) is 0 Å². The summed E-state index contributed by atoms with van der Waals surface area (Å²) < 4.78 is 1.71. The third-order valence-corrected chi connectivity index (χ3v) is 3.10. The maximum Gasteiger partial charge on any atom is 0.128 e. The zero-order valence-electron chi connectivity index (χ0n) is 10.7. The predicted octanol–water partition coefficient (Wildman–Crippen LogP) is 2.29. The van der Waals surface area contributed by atoms with Crippen LogP contribution >= 0.6 is 0 Å². The van der Waals surface area contributed by atoms with Crippen LogP contribution in [0.15, 0.2) is 30.5 Å². The summed E-state index contributed by atoms with van der Waals surface area (Å²) in [5.41, 5.74) is 2.99. The Morgan fingerprint density at radius 1 is 1.18 bits per heavy atom. The second-order valence-corrected chi connectivity index (χ2v) is 4.79. The molecular formula is C14H18N2O. The molecule has 2 aromatic rings. The van der Waals surface area contributed by atoms with E-state index in [0.29, 0.717) is 0 Å². The normalized spacial score (nSPS) is 14.6. The first kappa shape index (κ1) is 11.9. The van der Waals surface area contributed by atoms with Crippen molar-refractivity contribution in [3.63, 3.8) is 0 Å². The molecule has 17 heavy (non-hydrogen) atoms. The number of nitrogens with zero attached hydrogens (tertiary/aromatic N) is 2. The van der Waals surface area contributed by atoms with Crippen LogP contribution in [0.3, 0.4) is 0 Å². The minimum absolute atomic E-state index is 0.794. The van der Waals surface area contributed by atoms with Crippen molar-refractivity contribution < 1.29 is 5.11 Å². The van der Waals surface area contributed by atoms with Crippen LogP contribution in [0.5, 0.6) is 0 Å². The van der Waals surface area contributed by atoms with Crippen molar-refractivity contribution in [2.45, 2.75) is 26.4 Å². The highest BCUT2D eigenvalue weighted by molar-refractivity contribution is 5.37. The number of aryl methyl sites for hydroxylation is 3. The Kier molecular flexibility index (Phi) is 2.79. The van der Waals surface area contributed by atoms with E-state index in [1.54, 1.807) is 17.8 Å². The van der Waals surface area contributed by atoms with E-state index < -0.39 is 5.60 Å². The molecule has 3 heteroatoms. The molecule has 2 rings (SSSR count). The van der Waals surface area contributed by atoms with Crippen LogP contribution in [0.4, 0.5) is 0 Å². The SMILES string of the molecule is Cc1cc(C)cc(C(C)(O)c2ccnn2C)c1. The summed E-state index contributed by atoms with van der Waals surface area (Å²) in [5.74, 6) is 0. The molecule has 0 amide bonds. The van der Waals surface area contributed by atoms with Crippen molar-refractivity contribution in [1.29, 1.82) is 0 Å². The van der Waals surface area contributed by atoms with Crippen LogP contribution in [0.25, 0.3) is 0 Å². The highest BCUT2D eigenvalue weighted by Gasteiger charge is 2.28. The van der Waals surface area contributed by atoms with Crippen LogP contribution in [-0.2, 0) is 12.6 Å². The lowest BCUT2D eigenvalue weighted by molar-refractivity contribution is 0.0928. The zero-order chi connectivity index (χ0) is 12.6. The fraction of sp³-hybridized carbons (Fsp3) is 0.357. The Morgan fingerprint density at radius 3 is 2.24 bits per heavy atom. The Bertz CT molecular complexity index is 521. The van der Waals surface area contributed by atoms with E-state index in [1.807, 2.05) is 39.1 Å². The van der Waals surface area contributed by atoms with Gasteiger partial charge in [0.15, 0.2) is 0 Å². The van der Waals surface area contributed by atoms with E-state index in [2.05, 4.69) is 11.2 Å². The van der Waals surface area contributed by atoms with Gasteiger partial charge in [0.25, 0.3) is 0 Å². The van der Waals surface area contributed by atoms with Crippen LogP contribution in [0.1, 0.15) is 29.3 Å². The molecule has 1 aromatic heterocycles. The summed E-state index contributed by atoms with van der Waals surface area (Å²) in [6.45, 7) is 5.88. The van der Waals surface area contributed by atoms with Crippen molar-refractivity contribution >= 4 is 0 Å². The third kappa shape index (κ3) is 2.11. The van der Waals surface area contributed by atoms with Crippen LogP contribution in [0.2, 0.25) is 0 Å². The standard InChI is InChI=1S/C14H18N2O/c1-10-7-11(2)9-12(8-10)14(3,17)13-5-6-15-16(13)4/h5-9,17H,1-4H3. The molecule has 0 saturated heterocycles. The molecule has 3 nitrogen and oxygen atoms in total. The Labute approximate surface area is 102 Å². The number of aromatic nitrogens is 2. The van der Waals surface area contributed by atoms with Crippen LogP contribution in [-0.4, -0.2) is 14.9 Å². The van der Waals surface area contributed by atoms with Gasteiger partial charge in [-0.05, 0) is 32.4 Å². The average Bonchev–Trinajstić information content (AvgIpc) is 2.63. The molecule has 1 aromatic carbocycles. The third-order valence-electron chi connectivity index (χ3n) is 3.10. The molecule has 0 radical (unpaired) electrons. The predicted molar refractivity (Wildman–Crippen MR) is 67.8 cm³/mol. The number of rotatable bonds is 2. The van der Waals surface area contributed by atoms with Crippen LogP contribution in [0, 0.1) is 13.8 Å². The van der Waals surface area contributed by atoms with Gasteiger partial charge in [-0.3, -0.25) is 4.68 Å². The molecule has 0 bridgehead atoms. The smallest absolute Gasteiger partial charge is 0.128 e. The first-order valence-electron chi connectivity index (χ1n) is 5.71. The summed E-state index contributed by atoms with van der Waals surface area (Å²) in [4.78, 5) is 0. The molecule has 0 fully saturated rings. The maximum atomic E-state index is 10.7. The molecular weight excluding hydrogens is 212 g/mol. The second-order valence-electron chi connectivity index (χ2n) is 4.79. The molecule has 1 atom stereocenters. The second kappa shape index (κ2) is 4.00. The van der Waals surface area contributed by atoms with Crippen molar-refractivity contribution in [2.75, 3.05) is 0 Å².